The van der Waals surface area contributed by atoms with E-state index in [1.165, 1.54) is 12.1 Å². The summed E-state index contributed by atoms with van der Waals surface area (Å²) < 4.78 is 0. The molecule has 4 nitrogen and oxygen atoms in total. The summed E-state index contributed by atoms with van der Waals surface area (Å²) in [5, 5.41) is 10.5. The first kappa shape index (κ1) is 9.67. The molecule has 0 radical (unpaired) electrons. The van der Waals surface area contributed by atoms with Gasteiger partial charge in [0.05, 0.1) is 4.92 Å². The summed E-state index contributed by atoms with van der Waals surface area (Å²) in [5.41, 5.74) is 0.660. The van der Waals surface area contributed by atoms with Gasteiger partial charge in [-0.05, 0) is 17.7 Å². The first-order valence-corrected chi connectivity index (χ1v) is 3.89. The highest BCUT2D eigenvalue weighted by Gasteiger charge is 2.10. The summed E-state index contributed by atoms with van der Waals surface area (Å²) in [6.45, 7) is 0. The summed E-state index contributed by atoms with van der Waals surface area (Å²) in [5.74, 6) is 0. The zero-order valence-corrected chi connectivity index (χ0v) is 7.65. The molecule has 1 aromatic rings. The van der Waals surface area contributed by atoms with Crippen LogP contribution in [0.3, 0.4) is 0 Å². The van der Waals surface area contributed by atoms with Gasteiger partial charge in [-0.1, -0.05) is 11.6 Å². The number of halogens is 1. The number of nitro benzene ring substituents is 1. The van der Waals surface area contributed by atoms with Crippen LogP contribution in [0.4, 0.5) is 5.69 Å². The van der Waals surface area contributed by atoms with Crippen molar-refractivity contribution in [2.45, 2.75) is 0 Å². The van der Waals surface area contributed by atoms with Gasteiger partial charge in [-0.15, -0.1) is 0 Å². The van der Waals surface area contributed by atoms with Crippen molar-refractivity contribution < 1.29 is 4.92 Å². The van der Waals surface area contributed by atoms with Gasteiger partial charge in [-0.3, -0.25) is 15.1 Å². The van der Waals surface area contributed by atoms with Crippen LogP contribution in [0.25, 0.3) is 0 Å². The molecule has 0 amide bonds. The number of nitro groups is 1. The fraction of sp³-hybridized carbons (Fsp3) is 0.125. The Morgan fingerprint density at radius 2 is 2.31 bits per heavy atom. The molecule has 0 aliphatic carbocycles. The monoisotopic (exact) mass is 198 g/mol. The zero-order chi connectivity index (χ0) is 9.84. The first-order chi connectivity index (χ1) is 6.15. The van der Waals surface area contributed by atoms with E-state index >= 15 is 0 Å². The highest BCUT2D eigenvalue weighted by atomic mass is 35.5. The minimum Gasteiger partial charge on any atom is -0.296 e. The van der Waals surface area contributed by atoms with Crippen molar-refractivity contribution in [2.75, 3.05) is 7.05 Å². The molecule has 68 valence electrons. The number of nitrogens with zero attached hydrogens (tertiary/aromatic N) is 2. The van der Waals surface area contributed by atoms with Crippen LogP contribution in [0.1, 0.15) is 5.56 Å². The second-order valence-corrected chi connectivity index (χ2v) is 2.76. The highest BCUT2D eigenvalue weighted by molar-refractivity contribution is 6.32. The highest BCUT2D eigenvalue weighted by Crippen LogP contribution is 2.24. The summed E-state index contributed by atoms with van der Waals surface area (Å²) >= 11 is 5.66. The van der Waals surface area contributed by atoms with E-state index in [1.54, 1.807) is 19.3 Å². The van der Waals surface area contributed by atoms with E-state index in [4.69, 9.17) is 11.6 Å². The maximum atomic E-state index is 10.4. The summed E-state index contributed by atoms with van der Waals surface area (Å²) in [7, 11) is 1.62. The molecule has 0 fully saturated rings. The zero-order valence-electron chi connectivity index (χ0n) is 6.90. The maximum absolute atomic E-state index is 10.4. The topological polar surface area (TPSA) is 55.5 Å². The lowest BCUT2D eigenvalue weighted by molar-refractivity contribution is -0.384. The maximum Gasteiger partial charge on any atom is 0.287 e. The van der Waals surface area contributed by atoms with Crippen LogP contribution in [0, 0.1) is 10.1 Å². The molecule has 1 rings (SSSR count). The molecule has 0 aliphatic rings. The van der Waals surface area contributed by atoms with Crippen molar-refractivity contribution in [2.24, 2.45) is 4.99 Å². The van der Waals surface area contributed by atoms with Gasteiger partial charge in [0.25, 0.3) is 5.69 Å². The number of hydrogen-bond donors (Lipinski definition) is 0. The lowest BCUT2D eigenvalue weighted by atomic mass is 10.2. The third-order valence-corrected chi connectivity index (χ3v) is 1.75. The summed E-state index contributed by atoms with van der Waals surface area (Å²) in [6.07, 6.45) is 1.58. The Kier molecular flexibility index (Phi) is 2.97. The van der Waals surface area contributed by atoms with Gasteiger partial charge in [-0.25, -0.2) is 0 Å². The van der Waals surface area contributed by atoms with Gasteiger partial charge in [0.1, 0.15) is 5.02 Å². The van der Waals surface area contributed by atoms with Crippen LogP contribution >= 0.6 is 11.6 Å². The van der Waals surface area contributed by atoms with Crippen LogP contribution in [0.2, 0.25) is 5.02 Å². The fourth-order valence-electron chi connectivity index (χ4n) is 0.901. The average Bonchev–Trinajstić information content (AvgIpc) is 2.04. The molecule has 5 heteroatoms. The van der Waals surface area contributed by atoms with Gasteiger partial charge in [0.2, 0.25) is 0 Å². The van der Waals surface area contributed by atoms with Crippen molar-refractivity contribution in [1.29, 1.82) is 0 Å². The standard InChI is InChI=1S/C8H7ClN2O2/c1-10-5-6-2-3-8(11(12)13)7(9)4-6/h2-5H,1H3/b10-5+. The molecular formula is C8H7ClN2O2. The Morgan fingerprint density at radius 3 is 2.77 bits per heavy atom. The van der Waals surface area contributed by atoms with Crippen molar-refractivity contribution >= 4 is 23.5 Å². The van der Waals surface area contributed by atoms with Gasteiger partial charge in [0.15, 0.2) is 0 Å². The molecule has 0 saturated heterocycles. The molecule has 0 heterocycles. The van der Waals surface area contributed by atoms with Crippen LogP contribution in [-0.2, 0) is 0 Å². The fourth-order valence-corrected chi connectivity index (χ4v) is 1.16. The number of rotatable bonds is 2. The van der Waals surface area contributed by atoms with E-state index in [0.29, 0.717) is 0 Å². The van der Waals surface area contributed by atoms with Crippen molar-refractivity contribution in [3.8, 4) is 0 Å². The minimum absolute atomic E-state index is 0.0880. The molecule has 1 aromatic carbocycles. The largest absolute Gasteiger partial charge is 0.296 e. The van der Waals surface area contributed by atoms with E-state index < -0.39 is 4.92 Å². The minimum atomic E-state index is -0.519. The smallest absolute Gasteiger partial charge is 0.287 e. The molecule has 0 aromatic heterocycles. The van der Waals surface area contributed by atoms with E-state index in [0.717, 1.165) is 5.56 Å². The van der Waals surface area contributed by atoms with Crippen molar-refractivity contribution in [3.05, 3.63) is 38.9 Å². The second-order valence-electron chi connectivity index (χ2n) is 2.36. The van der Waals surface area contributed by atoms with Gasteiger partial charge < -0.3 is 0 Å². The lowest BCUT2D eigenvalue weighted by Crippen LogP contribution is -1.90. The predicted octanol–water partition coefficient (Wildman–Crippen LogP) is 2.30. The van der Waals surface area contributed by atoms with Crippen molar-refractivity contribution in [3.63, 3.8) is 0 Å². The SMILES string of the molecule is C/N=C/c1ccc([N+](=O)[O-])c(Cl)c1. The quantitative estimate of drug-likeness (QED) is 0.416. The van der Waals surface area contributed by atoms with Gasteiger partial charge in [-0.2, -0.15) is 0 Å². The summed E-state index contributed by atoms with van der Waals surface area (Å²) in [6, 6.07) is 4.46. The Bertz CT molecular complexity index is 363. The Morgan fingerprint density at radius 1 is 1.62 bits per heavy atom. The molecule has 0 saturated carbocycles. The van der Waals surface area contributed by atoms with Crippen molar-refractivity contribution in [1.82, 2.24) is 0 Å². The Balaban J connectivity index is 3.12. The van der Waals surface area contributed by atoms with E-state index in [2.05, 4.69) is 4.99 Å². The molecule has 13 heavy (non-hydrogen) atoms. The van der Waals surface area contributed by atoms with E-state index in [-0.39, 0.29) is 10.7 Å². The summed E-state index contributed by atoms with van der Waals surface area (Å²) in [4.78, 5) is 13.6. The normalized spacial score (nSPS) is 10.6. The molecule has 0 spiro atoms. The van der Waals surface area contributed by atoms with E-state index in [1.807, 2.05) is 0 Å². The third-order valence-electron chi connectivity index (χ3n) is 1.45. The predicted molar refractivity (Wildman–Crippen MR) is 51.6 cm³/mol. The van der Waals surface area contributed by atoms with Crippen LogP contribution in [0.15, 0.2) is 23.2 Å². The second kappa shape index (κ2) is 4.00. The number of benzene rings is 1. The molecule has 0 N–H and O–H groups in total. The molecule has 0 unspecified atom stereocenters. The van der Waals surface area contributed by atoms with Crippen LogP contribution < -0.4 is 0 Å². The molecule has 0 atom stereocenters. The van der Waals surface area contributed by atoms with Crippen LogP contribution in [0.5, 0.6) is 0 Å². The average molecular weight is 199 g/mol. The Labute approximate surface area is 80.0 Å². The third kappa shape index (κ3) is 2.26. The van der Waals surface area contributed by atoms with Gasteiger partial charge >= 0.3 is 0 Å². The lowest BCUT2D eigenvalue weighted by Gasteiger charge is -1.95. The molecule has 0 bridgehead atoms. The molecule has 0 aliphatic heterocycles. The van der Waals surface area contributed by atoms with E-state index in [9.17, 15) is 10.1 Å². The van der Waals surface area contributed by atoms with Crippen LogP contribution in [-0.4, -0.2) is 18.2 Å². The number of hydrogen-bond acceptors (Lipinski definition) is 3. The molecular weight excluding hydrogens is 192 g/mol. The number of aliphatic imine (C=N–C) groups is 1. The van der Waals surface area contributed by atoms with Gasteiger partial charge in [0, 0.05) is 19.3 Å². The first-order valence-electron chi connectivity index (χ1n) is 3.51. The Hall–Kier alpha value is -1.42.